The maximum atomic E-state index is 11.7. The van der Waals surface area contributed by atoms with Crippen molar-refractivity contribution in [2.45, 2.75) is 45.3 Å². The van der Waals surface area contributed by atoms with Crippen LogP contribution in [-0.4, -0.2) is 53.2 Å². The van der Waals surface area contributed by atoms with Gasteiger partial charge >= 0.3 is 18.0 Å². The lowest BCUT2D eigenvalue weighted by atomic mass is 10.1. The number of carbonyl (C=O) groups excluding carboxylic acids is 2. The van der Waals surface area contributed by atoms with Gasteiger partial charge < -0.3 is 20.1 Å². The quantitative estimate of drug-likeness (QED) is 0.547. The van der Waals surface area contributed by atoms with E-state index in [1.54, 1.807) is 20.8 Å². The average molecular weight is 300 g/mol. The molecule has 2 amide bonds. The summed E-state index contributed by atoms with van der Waals surface area (Å²) in [5, 5.41) is 11.4. The van der Waals surface area contributed by atoms with E-state index in [1.807, 2.05) is 0 Å². The molecule has 0 aliphatic heterocycles. The summed E-state index contributed by atoms with van der Waals surface area (Å²) in [4.78, 5) is 35.7. The summed E-state index contributed by atoms with van der Waals surface area (Å²) in [6.45, 7) is 8.97. The Morgan fingerprint density at radius 3 is 2.38 bits per heavy atom. The Morgan fingerprint density at radius 1 is 1.38 bits per heavy atom. The first kappa shape index (κ1) is 18.9. The minimum atomic E-state index is -1.20. The fraction of sp³-hybridized carbons (Fsp3) is 0.643. The van der Waals surface area contributed by atoms with Crippen LogP contribution in [-0.2, 0) is 14.3 Å². The van der Waals surface area contributed by atoms with Crippen molar-refractivity contribution in [3.8, 4) is 0 Å². The number of hydrogen-bond donors (Lipinski definition) is 2. The normalized spacial score (nSPS) is 12.2. The van der Waals surface area contributed by atoms with Crippen molar-refractivity contribution in [3.05, 3.63) is 12.7 Å². The number of rotatable bonds is 7. The van der Waals surface area contributed by atoms with E-state index in [1.165, 1.54) is 18.0 Å². The molecule has 2 N–H and O–H groups in total. The number of nitrogens with zero attached hydrogens (tertiary/aromatic N) is 1. The number of nitrogens with one attached hydrogen (secondary N) is 1. The lowest BCUT2D eigenvalue weighted by Crippen LogP contribution is -2.47. The number of ether oxygens (including phenoxy) is 1. The second kappa shape index (κ2) is 8.28. The summed E-state index contributed by atoms with van der Waals surface area (Å²) >= 11 is 0. The van der Waals surface area contributed by atoms with Gasteiger partial charge in [-0.25, -0.2) is 9.59 Å². The molecule has 0 aliphatic rings. The molecule has 0 aliphatic carbocycles. The molecule has 0 rings (SSSR count). The van der Waals surface area contributed by atoms with Crippen molar-refractivity contribution in [1.82, 2.24) is 10.2 Å². The Hall–Kier alpha value is -2.05. The van der Waals surface area contributed by atoms with Crippen molar-refractivity contribution in [2.75, 3.05) is 13.6 Å². The summed E-state index contributed by atoms with van der Waals surface area (Å²) < 4.78 is 5.09. The minimum absolute atomic E-state index is 0.0298. The maximum absolute atomic E-state index is 11.7. The lowest BCUT2D eigenvalue weighted by Gasteiger charge is -2.22. The first-order valence-corrected chi connectivity index (χ1v) is 6.64. The van der Waals surface area contributed by atoms with E-state index in [-0.39, 0.29) is 12.8 Å². The molecule has 1 atom stereocenters. The molecule has 7 heteroatoms. The molecule has 120 valence electrons. The number of likely N-dealkylation sites (N-methyl/N-ethyl adjacent to an activating group) is 1. The number of carbonyl (C=O) groups is 3. The van der Waals surface area contributed by atoms with Gasteiger partial charge in [0.05, 0.1) is 0 Å². The third kappa shape index (κ3) is 8.67. The molecule has 0 saturated carbocycles. The molecule has 0 bridgehead atoms. The van der Waals surface area contributed by atoms with Crippen molar-refractivity contribution < 1.29 is 24.2 Å². The van der Waals surface area contributed by atoms with Gasteiger partial charge in [0.2, 0.25) is 0 Å². The summed E-state index contributed by atoms with van der Waals surface area (Å²) in [7, 11) is 1.52. The third-order valence-electron chi connectivity index (χ3n) is 2.40. The summed E-state index contributed by atoms with van der Waals surface area (Å²) in [5.74, 6) is -1.69. The first-order valence-electron chi connectivity index (χ1n) is 6.64. The summed E-state index contributed by atoms with van der Waals surface area (Å²) in [5.41, 5.74) is -0.622. The van der Waals surface area contributed by atoms with E-state index in [0.717, 1.165) is 0 Å². The molecule has 0 radical (unpaired) electrons. The number of carboxylic acids is 1. The topological polar surface area (TPSA) is 95.9 Å². The van der Waals surface area contributed by atoms with Crippen LogP contribution in [0, 0.1) is 0 Å². The highest BCUT2D eigenvalue weighted by atomic mass is 16.6. The van der Waals surface area contributed by atoms with E-state index in [0.29, 0.717) is 6.54 Å². The molecule has 0 heterocycles. The van der Waals surface area contributed by atoms with E-state index in [4.69, 9.17) is 9.84 Å². The predicted molar refractivity (Wildman–Crippen MR) is 77.9 cm³/mol. The van der Waals surface area contributed by atoms with Crippen molar-refractivity contribution in [2.24, 2.45) is 0 Å². The molecule has 7 nitrogen and oxygen atoms in total. The Morgan fingerprint density at radius 2 is 1.95 bits per heavy atom. The zero-order valence-electron chi connectivity index (χ0n) is 13.0. The van der Waals surface area contributed by atoms with Crippen molar-refractivity contribution in [3.63, 3.8) is 0 Å². The zero-order chi connectivity index (χ0) is 16.6. The average Bonchev–Trinajstić information content (AvgIpc) is 2.31. The largest absolute Gasteiger partial charge is 0.480 e. The molecule has 0 spiro atoms. The Labute approximate surface area is 124 Å². The Balaban J connectivity index is 4.45. The molecule has 0 fully saturated rings. The molecule has 0 aromatic rings. The van der Waals surface area contributed by atoms with Crippen LogP contribution in [0.25, 0.3) is 0 Å². The number of aliphatic carboxylic acids is 1. The van der Waals surface area contributed by atoms with Gasteiger partial charge in [0.15, 0.2) is 0 Å². The SMILES string of the molecule is C=CCN(C)C(=O)N[C@H](CCC(=O)OC(C)(C)C)C(=O)O. The van der Waals surface area contributed by atoms with Gasteiger partial charge in [0, 0.05) is 20.0 Å². The van der Waals surface area contributed by atoms with Gasteiger partial charge in [-0.2, -0.15) is 0 Å². The van der Waals surface area contributed by atoms with Crippen LogP contribution in [0.3, 0.4) is 0 Å². The molecule has 0 unspecified atom stereocenters. The fourth-order valence-electron chi connectivity index (χ4n) is 1.45. The Kier molecular flexibility index (Phi) is 7.48. The second-order valence-corrected chi connectivity index (χ2v) is 5.63. The van der Waals surface area contributed by atoms with Crippen LogP contribution < -0.4 is 5.32 Å². The third-order valence-corrected chi connectivity index (χ3v) is 2.40. The highest BCUT2D eigenvalue weighted by Crippen LogP contribution is 2.10. The number of amides is 2. The van der Waals surface area contributed by atoms with E-state index in [9.17, 15) is 14.4 Å². The highest BCUT2D eigenvalue weighted by Gasteiger charge is 2.24. The zero-order valence-corrected chi connectivity index (χ0v) is 13.0. The minimum Gasteiger partial charge on any atom is -0.480 e. The predicted octanol–water partition coefficient (Wildman–Crippen LogP) is 1.39. The number of carboxylic acid groups (broad SMARTS) is 1. The van der Waals surface area contributed by atoms with Crippen LogP contribution in [0.5, 0.6) is 0 Å². The van der Waals surface area contributed by atoms with E-state index in [2.05, 4.69) is 11.9 Å². The van der Waals surface area contributed by atoms with E-state index < -0.39 is 29.6 Å². The van der Waals surface area contributed by atoms with Crippen molar-refractivity contribution >= 4 is 18.0 Å². The second-order valence-electron chi connectivity index (χ2n) is 5.63. The molecule has 0 aromatic carbocycles. The number of esters is 1. The van der Waals surface area contributed by atoms with Crippen LogP contribution >= 0.6 is 0 Å². The fourth-order valence-corrected chi connectivity index (χ4v) is 1.45. The molecule has 21 heavy (non-hydrogen) atoms. The van der Waals surface area contributed by atoms with Crippen LogP contribution in [0.15, 0.2) is 12.7 Å². The van der Waals surface area contributed by atoms with Gasteiger partial charge in [0.1, 0.15) is 11.6 Å². The van der Waals surface area contributed by atoms with Crippen LogP contribution in [0.2, 0.25) is 0 Å². The van der Waals surface area contributed by atoms with Gasteiger partial charge in [-0.05, 0) is 27.2 Å². The highest BCUT2D eigenvalue weighted by molar-refractivity contribution is 5.83. The van der Waals surface area contributed by atoms with Crippen LogP contribution in [0.1, 0.15) is 33.6 Å². The molecule has 0 aromatic heterocycles. The van der Waals surface area contributed by atoms with Crippen molar-refractivity contribution in [1.29, 1.82) is 0 Å². The number of hydrogen-bond acceptors (Lipinski definition) is 4. The summed E-state index contributed by atoms with van der Waals surface area (Å²) in [6.07, 6.45) is 1.41. The standard InChI is InChI=1S/C14H24N2O5/c1-6-9-16(5)13(20)15-10(12(18)19)7-8-11(17)21-14(2,3)4/h6,10H,1,7-9H2,2-5H3,(H,15,20)(H,18,19)/t10-/m1/s1. The monoisotopic (exact) mass is 300 g/mol. The molecular weight excluding hydrogens is 276 g/mol. The van der Waals surface area contributed by atoms with Gasteiger partial charge in [-0.15, -0.1) is 6.58 Å². The maximum Gasteiger partial charge on any atom is 0.326 e. The van der Waals surface area contributed by atoms with Gasteiger partial charge in [0.25, 0.3) is 0 Å². The summed E-state index contributed by atoms with van der Waals surface area (Å²) in [6, 6.07) is -1.68. The number of urea groups is 1. The Bertz CT molecular complexity index is 401. The smallest absolute Gasteiger partial charge is 0.326 e. The molecule has 0 saturated heterocycles. The first-order chi connectivity index (χ1) is 9.56. The molecular formula is C14H24N2O5. The van der Waals surface area contributed by atoms with Crippen LogP contribution in [0.4, 0.5) is 4.79 Å². The lowest BCUT2D eigenvalue weighted by molar-refractivity contribution is -0.155. The van der Waals surface area contributed by atoms with Gasteiger partial charge in [-0.3, -0.25) is 4.79 Å². The van der Waals surface area contributed by atoms with E-state index >= 15 is 0 Å². The van der Waals surface area contributed by atoms with Gasteiger partial charge in [-0.1, -0.05) is 6.08 Å².